The fraction of sp³-hybridized carbons (Fsp3) is 0.231. The summed E-state index contributed by atoms with van der Waals surface area (Å²) >= 11 is 0. The van der Waals surface area contributed by atoms with E-state index in [-0.39, 0.29) is 41.9 Å². The molecular formula is C26H24N4O5. The van der Waals surface area contributed by atoms with Gasteiger partial charge in [-0.1, -0.05) is 54.6 Å². The molecule has 1 aromatic heterocycles. The van der Waals surface area contributed by atoms with Crippen LogP contribution in [0.4, 0.5) is 10.5 Å². The maximum atomic E-state index is 12.9. The van der Waals surface area contributed by atoms with Crippen molar-refractivity contribution in [3.05, 3.63) is 83.2 Å². The fourth-order valence-corrected chi connectivity index (χ4v) is 4.80. The van der Waals surface area contributed by atoms with Crippen LogP contribution in [0.3, 0.4) is 0 Å². The number of nitrogens with one attached hydrogen (secondary N) is 2. The SMILES string of the molecule is Cn1ncc(NC(=O)OCC2c3ccccc3-c3ccccc32)c1C(=O)NC1CC=C(C(=O)O)C1. The number of carbonyl (C=O) groups is 3. The highest BCUT2D eigenvalue weighted by Crippen LogP contribution is 2.44. The van der Waals surface area contributed by atoms with Crippen LogP contribution in [0.1, 0.15) is 40.4 Å². The number of carbonyl (C=O) groups excluding carboxylic acids is 2. The Morgan fingerprint density at radius 3 is 2.37 bits per heavy atom. The second-order valence-corrected chi connectivity index (χ2v) is 8.63. The molecule has 3 aromatic rings. The first kappa shape index (κ1) is 22.4. The quantitative estimate of drug-likeness (QED) is 0.503. The van der Waals surface area contributed by atoms with Crippen molar-refractivity contribution < 1.29 is 24.2 Å². The number of amides is 2. The molecule has 1 heterocycles. The molecule has 0 spiro atoms. The van der Waals surface area contributed by atoms with Crippen LogP contribution in [0.5, 0.6) is 0 Å². The number of aromatic nitrogens is 2. The third kappa shape index (κ3) is 4.28. The number of anilines is 1. The zero-order valence-corrected chi connectivity index (χ0v) is 19.0. The number of hydrogen-bond donors (Lipinski definition) is 3. The number of aryl methyl sites for hydroxylation is 1. The van der Waals surface area contributed by atoms with E-state index >= 15 is 0 Å². The van der Waals surface area contributed by atoms with Gasteiger partial charge in [0.25, 0.3) is 5.91 Å². The summed E-state index contributed by atoms with van der Waals surface area (Å²) in [4.78, 5) is 36.7. The van der Waals surface area contributed by atoms with Gasteiger partial charge in [0.05, 0.1) is 11.9 Å². The maximum absolute atomic E-state index is 12.9. The molecule has 0 fully saturated rings. The fourth-order valence-electron chi connectivity index (χ4n) is 4.80. The van der Waals surface area contributed by atoms with Gasteiger partial charge in [-0.15, -0.1) is 0 Å². The minimum Gasteiger partial charge on any atom is -0.478 e. The molecule has 5 rings (SSSR count). The molecule has 178 valence electrons. The van der Waals surface area contributed by atoms with Gasteiger partial charge in [0.1, 0.15) is 12.3 Å². The molecule has 35 heavy (non-hydrogen) atoms. The highest BCUT2D eigenvalue weighted by atomic mass is 16.5. The smallest absolute Gasteiger partial charge is 0.411 e. The highest BCUT2D eigenvalue weighted by molar-refractivity contribution is 6.01. The lowest BCUT2D eigenvalue weighted by atomic mass is 9.98. The van der Waals surface area contributed by atoms with Crippen molar-refractivity contribution in [3.63, 3.8) is 0 Å². The van der Waals surface area contributed by atoms with Crippen molar-refractivity contribution in [2.45, 2.75) is 24.8 Å². The molecule has 9 heteroatoms. The Labute approximate surface area is 201 Å². The number of benzene rings is 2. The predicted octanol–water partition coefficient (Wildman–Crippen LogP) is 3.68. The van der Waals surface area contributed by atoms with Gasteiger partial charge in [0.2, 0.25) is 0 Å². The Bertz CT molecular complexity index is 1310. The summed E-state index contributed by atoms with van der Waals surface area (Å²) in [6.07, 6.45) is 2.97. The van der Waals surface area contributed by atoms with Crippen molar-refractivity contribution in [3.8, 4) is 11.1 Å². The first-order chi connectivity index (χ1) is 16.9. The average molecular weight is 473 g/mol. The number of nitrogens with zero attached hydrogens (tertiary/aromatic N) is 2. The zero-order chi connectivity index (χ0) is 24.5. The summed E-state index contributed by atoms with van der Waals surface area (Å²) < 4.78 is 6.93. The number of carboxylic acid groups (broad SMARTS) is 1. The van der Waals surface area contributed by atoms with E-state index in [1.807, 2.05) is 36.4 Å². The standard InChI is InChI=1S/C26H24N4O5/c1-30-23(24(31)28-16-11-10-15(12-16)25(32)33)22(13-27-30)29-26(34)35-14-21-19-8-4-2-6-17(19)18-7-3-5-9-20(18)21/h2-10,13,16,21H,11-12,14H2,1H3,(H,28,31)(H,29,34)(H,32,33). The van der Waals surface area contributed by atoms with Gasteiger partial charge < -0.3 is 15.2 Å². The summed E-state index contributed by atoms with van der Waals surface area (Å²) in [5.74, 6) is -1.52. The normalized spacial score (nSPS) is 16.3. The van der Waals surface area contributed by atoms with Crippen molar-refractivity contribution in [2.24, 2.45) is 7.05 Å². The maximum Gasteiger partial charge on any atom is 0.411 e. The van der Waals surface area contributed by atoms with E-state index in [0.29, 0.717) is 6.42 Å². The van der Waals surface area contributed by atoms with E-state index in [9.17, 15) is 14.4 Å². The Hall–Kier alpha value is -4.40. The first-order valence-corrected chi connectivity index (χ1v) is 11.3. The van der Waals surface area contributed by atoms with Gasteiger partial charge in [0, 0.05) is 24.6 Å². The van der Waals surface area contributed by atoms with E-state index < -0.39 is 18.0 Å². The highest BCUT2D eigenvalue weighted by Gasteiger charge is 2.30. The minimum atomic E-state index is -0.986. The van der Waals surface area contributed by atoms with Crippen LogP contribution in [0.25, 0.3) is 11.1 Å². The number of aliphatic carboxylic acids is 1. The van der Waals surface area contributed by atoms with Gasteiger partial charge in [-0.2, -0.15) is 5.10 Å². The first-order valence-electron chi connectivity index (χ1n) is 11.3. The van der Waals surface area contributed by atoms with Crippen LogP contribution in [0, 0.1) is 0 Å². The van der Waals surface area contributed by atoms with Crippen LogP contribution in [-0.2, 0) is 16.6 Å². The molecule has 0 bridgehead atoms. The monoisotopic (exact) mass is 472 g/mol. The second-order valence-electron chi connectivity index (χ2n) is 8.63. The van der Waals surface area contributed by atoms with Crippen molar-refractivity contribution in [1.82, 2.24) is 15.1 Å². The van der Waals surface area contributed by atoms with Gasteiger partial charge in [-0.3, -0.25) is 14.8 Å². The summed E-state index contributed by atoms with van der Waals surface area (Å²) in [6.45, 7) is 0.146. The molecule has 0 saturated carbocycles. The molecule has 0 aliphatic heterocycles. The van der Waals surface area contributed by atoms with Crippen LogP contribution in [0.15, 0.2) is 66.4 Å². The lowest BCUT2D eigenvalue weighted by Gasteiger charge is -2.15. The van der Waals surface area contributed by atoms with Crippen LogP contribution < -0.4 is 10.6 Å². The molecule has 3 N–H and O–H groups in total. The molecule has 2 aromatic carbocycles. The number of ether oxygens (including phenoxy) is 1. The van der Waals surface area contributed by atoms with E-state index in [0.717, 1.165) is 22.3 Å². The van der Waals surface area contributed by atoms with Gasteiger partial charge in [-0.05, 0) is 35.1 Å². The zero-order valence-electron chi connectivity index (χ0n) is 19.0. The predicted molar refractivity (Wildman–Crippen MR) is 128 cm³/mol. The Kier molecular flexibility index (Phi) is 5.82. The third-order valence-corrected chi connectivity index (χ3v) is 6.46. The molecule has 1 atom stereocenters. The Morgan fingerprint density at radius 2 is 1.74 bits per heavy atom. The molecule has 0 radical (unpaired) electrons. The number of rotatable bonds is 6. The number of carboxylic acids is 1. The number of fused-ring (bicyclic) bond motifs is 3. The van der Waals surface area contributed by atoms with Crippen molar-refractivity contribution in [2.75, 3.05) is 11.9 Å². The van der Waals surface area contributed by atoms with Crippen LogP contribution in [0.2, 0.25) is 0 Å². The van der Waals surface area contributed by atoms with E-state index in [1.54, 1.807) is 13.1 Å². The summed E-state index contributed by atoms with van der Waals surface area (Å²) in [5.41, 5.74) is 5.13. The second kappa shape index (κ2) is 9.09. The molecule has 2 amide bonds. The molecular weight excluding hydrogens is 448 g/mol. The van der Waals surface area contributed by atoms with Gasteiger partial charge in [0.15, 0.2) is 0 Å². The molecule has 0 saturated heterocycles. The lowest BCUT2D eigenvalue weighted by molar-refractivity contribution is -0.132. The summed E-state index contributed by atoms with van der Waals surface area (Å²) in [7, 11) is 1.59. The summed E-state index contributed by atoms with van der Waals surface area (Å²) in [6, 6.07) is 15.8. The average Bonchev–Trinajstić information content (AvgIpc) is 3.54. The third-order valence-electron chi connectivity index (χ3n) is 6.46. The molecule has 2 aliphatic rings. The Morgan fingerprint density at radius 1 is 1.09 bits per heavy atom. The van der Waals surface area contributed by atoms with Crippen molar-refractivity contribution in [1.29, 1.82) is 0 Å². The summed E-state index contributed by atoms with van der Waals surface area (Å²) in [5, 5.41) is 18.6. The number of hydrogen-bond acceptors (Lipinski definition) is 5. The van der Waals surface area contributed by atoms with Crippen molar-refractivity contribution >= 4 is 23.7 Å². The lowest BCUT2D eigenvalue weighted by Crippen LogP contribution is -2.35. The van der Waals surface area contributed by atoms with Gasteiger partial charge in [-0.25, -0.2) is 9.59 Å². The van der Waals surface area contributed by atoms with E-state index in [1.165, 1.54) is 10.9 Å². The topological polar surface area (TPSA) is 123 Å². The van der Waals surface area contributed by atoms with Crippen LogP contribution in [-0.4, -0.2) is 45.5 Å². The minimum absolute atomic E-state index is 0.0804. The Balaban J connectivity index is 1.24. The van der Waals surface area contributed by atoms with Crippen LogP contribution >= 0.6 is 0 Å². The molecule has 9 nitrogen and oxygen atoms in total. The van der Waals surface area contributed by atoms with E-state index in [4.69, 9.17) is 9.84 Å². The van der Waals surface area contributed by atoms with E-state index in [2.05, 4.69) is 27.9 Å². The molecule has 2 aliphatic carbocycles. The molecule has 1 unspecified atom stereocenters. The van der Waals surface area contributed by atoms with Gasteiger partial charge >= 0.3 is 12.1 Å². The largest absolute Gasteiger partial charge is 0.478 e.